The number of ether oxygens (including phenoxy) is 3. The predicted octanol–water partition coefficient (Wildman–Crippen LogP) is 4.32. The number of rotatable bonds is 8. The number of carbonyl (C=O) groups is 1. The first-order valence-electron chi connectivity index (χ1n) is 12.8. The molecule has 40 heavy (non-hydrogen) atoms. The molecule has 3 aromatic rings. The van der Waals surface area contributed by atoms with Crippen molar-refractivity contribution in [3.63, 3.8) is 0 Å². The van der Waals surface area contributed by atoms with E-state index < -0.39 is 18.8 Å². The number of primary amides is 1. The lowest BCUT2D eigenvalue weighted by Gasteiger charge is -2.39. The van der Waals surface area contributed by atoms with Crippen LogP contribution in [0, 0.1) is 0 Å². The molecule has 0 saturated carbocycles. The van der Waals surface area contributed by atoms with Crippen LogP contribution < -0.4 is 31.3 Å². The van der Waals surface area contributed by atoms with Crippen LogP contribution >= 0.6 is 18.7 Å². The molecule has 212 valence electrons. The number of nitrogens with zero attached hydrogens (tertiary/aromatic N) is 3. The van der Waals surface area contributed by atoms with Crippen molar-refractivity contribution < 1.29 is 23.6 Å². The summed E-state index contributed by atoms with van der Waals surface area (Å²) in [5.74, 6) is -0.112. The lowest BCUT2D eigenvalue weighted by atomic mass is 10.0. The van der Waals surface area contributed by atoms with E-state index in [9.17, 15) is 9.36 Å². The number of anilines is 5. The van der Waals surface area contributed by atoms with Crippen molar-refractivity contribution in [2.75, 3.05) is 62.3 Å². The number of benzene rings is 2. The van der Waals surface area contributed by atoms with Crippen LogP contribution in [0.4, 0.5) is 28.8 Å². The van der Waals surface area contributed by atoms with Gasteiger partial charge in [-0.15, -0.1) is 0 Å². The Bertz CT molecular complexity index is 1470. The number of hydrogen-bond donors (Lipinski definition) is 3. The van der Waals surface area contributed by atoms with Crippen LogP contribution in [0.3, 0.4) is 0 Å². The zero-order valence-electron chi connectivity index (χ0n) is 22.6. The summed E-state index contributed by atoms with van der Waals surface area (Å²) >= 11 is 6.40. The van der Waals surface area contributed by atoms with Gasteiger partial charge in [0.25, 0.3) is 5.91 Å². The van der Waals surface area contributed by atoms with Crippen LogP contribution in [0.2, 0.25) is 5.02 Å². The van der Waals surface area contributed by atoms with Gasteiger partial charge in [0, 0.05) is 37.3 Å². The highest BCUT2D eigenvalue weighted by Crippen LogP contribution is 2.40. The number of halogens is 1. The van der Waals surface area contributed by atoms with Gasteiger partial charge >= 0.3 is 0 Å². The maximum absolute atomic E-state index is 12.8. The first-order valence-corrected chi connectivity index (χ1v) is 15.8. The fourth-order valence-corrected chi connectivity index (χ4v) is 6.27. The van der Waals surface area contributed by atoms with Gasteiger partial charge in [-0.25, -0.2) is 4.98 Å². The van der Waals surface area contributed by atoms with E-state index in [4.69, 9.17) is 31.5 Å². The Kier molecular flexibility index (Phi) is 7.92. The summed E-state index contributed by atoms with van der Waals surface area (Å²) in [6, 6.07) is 10.7. The highest BCUT2D eigenvalue weighted by Gasteiger charge is 2.40. The fraction of sp³-hybridized carbons (Fsp3) is 0.370. The van der Waals surface area contributed by atoms with Crippen molar-refractivity contribution in [3.8, 4) is 5.75 Å². The van der Waals surface area contributed by atoms with E-state index in [2.05, 4.69) is 25.5 Å². The lowest BCUT2D eigenvalue weighted by molar-refractivity contribution is -0.169. The van der Waals surface area contributed by atoms with E-state index >= 15 is 0 Å². The van der Waals surface area contributed by atoms with E-state index in [0.29, 0.717) is 78.6 Å². The summed E-state index contributed by atoms with van der Waals surface area (Å²) in [7, 11) is -1.03. The molecule has 0 atom stereocenters. The van der Waals surface area contributed by atoms with Crippen molar-refractivity contribution in [2.45, 2.75) is 18.6 Å². The summed E-state index contributed by atoms with van der Waals surface area (Å²) < 4.78 is 30.1. The molecule has 1 amide bonds. The first-order chi connectivity index (χ1) is 19.1. The largest absolute Gasteiger partial charge is 0.494 e. The summed E-state index contributed by atoms with van der Waals surface area (Å²) in [5, 5.41) is 7.25. The predicted molar refractivity (Wildman–Crippen MR) is 157 cm³/mol. The van der Waals surface area contributed by atoms with E-state index in [1.807, 2.05) is 24.3 Å². The molecule has 0 aliphatic carbocycles. The smallest absolute Gasteiger partial charge is 0.250 e. The number of hydrogen-bond acceptors (Lipinski definition) is 10. The maximum atomic E-state index is 12.8. The molecular weight excluding hydrogens is 555 g/mol. The SMILES string of the molecule is COc1cc(N2CCC3(CC2)OCCO3)c(C(N)=O)cc1Nc1ncc(Cl)c(Nc2ccccc2P(C)(C)=O)n1. The Morgan fingerprint density at radius 3 is 2.48 bits per heavy atom. The molecule has 2 aliphatic heterocycles. The molecule has 1 spiro atoms. The third-order valence-corrected chi connectivity index (χ3v) is 8.82. The van der Waals surface area contributed by atoms with E-state index in [1.54, 1.807) is 32.6 Å². The number of piperidine rings is 1. The van der Waals surface area contributed by atoms with E-state index in [-0.39, 0.29) is 11.0 Å². The molecule has 1 aromatic heterocycles. The third kappa shape index (κ3) is 5.88. The average Bonchev–Trinajstić information content (AvgIpc) is 3.38. The number of methoxy groups -OCH3 is 1. The number of amides is 1. The molecule has 2 fully saturated rings. The second-order valence-electron chi connectivity index (χ2n) is 10.0. The number of carbonyl (C=O) groups excluding carboxylic acids is 1. The highest BCUT2D eigenvalue weighted by molar-refractivity contribution is 7.70. The fourth-order valence-electron chi connectivity index (χ4n) is 4.98. The van der Waals surface area contributed by atoms with Crippen LogP contribution in [0.1, 0.15) is 23.2 Å². The molecule has 3 heterocycles. The number of aromatic nitrogens is 2. The third-order valence-electron chi connectivity index (χ3n) is 6.99. The van der Waals surface area contributed by atoms with Gasteiger partial charge in [-0.3, -0.25) is 4.79 Å². The number of nitrogens with two attached hydrogens (primary N) is 1. The Labute approximate surface area is 237 Å². The molecule has 0 radical (unpaired) electrons. The second kappa shape index (κ2) is 11.2. The van der Waals surface area contributed by atoms with Crippen molar-refractivity contribution in [2.24, 2.45) is 5.73 Å². The zero-order chi connectivity index (χ0) is 28.5. The van der Waals surface area contributed by atoms with Gasteiger partial charge in [0.15, 0.2) is 11.6 Å². The Morgan fingerprint density at radius 1 is 1.12 bits per heavy atom. The van der Waals surface area contributed by atoms with Crippen LogP contribution in [-0.2, 0) is 14.0 Å². The minimum atomic E-state index is -2.57. The van der Waals surface area contributed by atoms with Gasteiger partial charge < -0.3 is 40.0 Å². The van der Waals surface area contributed by atoms with E-state index in [0.717, 1.165) is 0 Å². The highest BCUT2D eigenvalue weighted by atomic mass is 35.5. The summed E-state index contributed by atoms with van der Waals surface area (Å²) in [5.41, 5.74) is 7.89. The van der Waals surface area contributed by atoms with Gasteiger partial charge in [-0.05, 0) is 31.5 Å². The van der Waals surface area contributed by atoms with Crippen molar-refractivity contribution in [3.05, 3.63) is 53.2 Å². The van der Waals surface area contributed by atoms with Crippen molar-refractivity contribution in [1.29, 1.82) is 0 Å². The maximum Gasteiger partial charge on any atom is 0.250 e. The average molecular weight is 587 g/mol. The molecule has 4 N–H and O–H groups in total. The van der Waals surface area contributed by atoms with Crippen LogP contribution in [-0.4, -0.2) is 68.4 Å². The zero-order valence-corrected chi connectivity index (χ0v) is 24.2. The minimum Gasteiger partial charge on any atom is -0.494 e. The molecule has 2 aromatic carbocycles. The van der Waals surface area contributed by atoms with Gasteiger partial charge in [0.2, 0.25) is 5.95 Å². The van der Waals surface area contributed by atoms with Crippen LogP contribution in [0.25, 0.3) is 0 Å². The summed E-state index contributed by atoms with van der Waals surface area (Å²) in [6.45, 7) is 5.86. The van der Waals surface area contributed by atoms with Gasteiger partial charge in [-0.2, -0.15) is 4.98 Å². The lowest BCUT2D eigenvalue weighted by Crippen LogP contribution is -2.45. The number of nitrogens with one attached hydrogen (secondary N) is 2. The second-order valence-corrected chi connectivity index (χ2v) is 13.6. The van der Waals surface area contributed by atoms with Crippen LogP contribution in [0.5, 0.6) is 5.75 Å². The molecule has 2 saturated heterocycles. The van der Waals surface area contributed by atoms with Crippen LogP contribution in [0.15, 0.2) is 42.6 Å². The van der Waals surface area contributed by atoms with E-state index in [1.165, 1.54) is 6.20 Å². The monoisotopic (exact) mass is 586 g/mol. The normalized spacial score (nSPS) is 16.6. The molecule has 11 nitrogen and oxygen atoms in total. The standard InChI is InChI=1S/C27H32ClN6O5P/c1-37-22-15-21(34-10-8-27(9-11-34)38-12-13-39-27)17(24(29)35)14-20(22)32-26-30-16-18(28)25(33-26)31-19-6-4-5-7-23(19)40(2,3)36/h4-7,14-16H,8-13H2,1-3H3,(H2,29,35)(H2,30,31,32,33). The van der Waals surface area contributed by atoms with Gasteiger partial charge in [0.05, 0.1) is 49.1 Å². The molecule has 0 unspecified atom stereocenters. The molecule has 2 aliphatic rings. The van der Waals surface area contributed by atoms with Crippen molar-refractivity contribution >= 4 is 58.8 Å². The quantitative estimate of drug-likeness (QED) is 0.327. The van der Waals surface area contributed by atoms with Gasteiger partial charge in [0.1, 0.15) is 17.9 Å². The molecule has 5 rings (SSSR count). The Morgan fingerprint density at radius 2 is 1.82 bits per heavy atom. The minimum absolute atomic E-state index is 0.206. The molecule has 0 bridgehead atoms. The summed E-state index contributed by atoms with van der Waals surface area (Å²) in [4.78, 5) is 23.4. The van der Waals surface area contributed by atoms with Crippen molar-refractivity contribution in [1.82, 2.24) is 9.97 Å². The summed E-state index contributed by atoms with van der Waals surface area (Å²) in [6.07, 6.45) is 2.80. The van der Waals surface area contributed by atoms with Gasteiger partial charge in [-0.1, -0.05) is 23.7 Å². The first kappa shape index (κ1) is 28.2. The Hall–Kier alpha value is -3.37. The Balaban J connectivity index is 1.42. The molecular formula is C27H32ClN6O5P. The topological polar surface area (TPSA) is 141 Å². The number of para-hydroxylation sites is 1. The molecule has 13 heteroatoms.